The predicted octanol–water partition coefficient (Wildman–Crippen LogP) is 4.64. The number of hydrogen-bond acceptors (Lipinski definition) is 3. The molecule has 2 nitrogen and oxygen atoms in total. The van der Waals surface area contributed by atoms with Gasteiger partial charge in [-0.3, -0.25) is 9.00 Å². The van der Waals surface area contributed by atoms with Crippen LogP contribution in [0.1, 0.15) is 47.8 Å². The summed E-state index contributed by atoms with van der Waals surface area (Å²) in [5.41, 5.74) is 1.25. The third-order valence-corrected chi connectivity index (χ3v) is 5.71. The first-order valence-electron chi connectivity index (χ1n) is 7.13. The van der Waals surface area contributed by atoms with Crippen molar-refractivity contribution >= 4 is 27.9 Å². The molecule has 0 saturated carbocycles. The molecule has 2 rings (SSSR count). The van der Waals surface area contributed by atoms with Crippen molar-refractivity contribution in [1.82, 2.24) is 0 Å². The van der Waals surface area contributed by atoms with Crippen LogP contribution >= 0.6 is 11.3 Å². The van der Waals surface area contributed by atoms with Gasteiger partial charge >= 0.3 is 0 Å². The highest BCUT2D eigenvalue weighted by molar-refractivity contribution is 7.85. The predicted molar refractivity (Wildman–Crippen MR) is 89.7 cm³/mol. The Hall–Kier alpha value is -1.26. The lowest BCUT2D eigenvalue weighted by Gasteiger charge is -2.06. The molecule has 0 saturated heterocycles. The van der Waals surface area contributed by atoms with Gasteiger partial charge in [0.1, 0.15) is 0 Å². The molecule has 4 heteroatoms. The molecule has 0 radical (unpaired) electrons. The zero-order valence-electron chi connectivity index (χ0n) is 12.4. The number of hydrogen-bond donors (Lipinski definition) is 0. The van der Waals surface area contributed by atoms with E-state index in [0.717, 1.165) is 9.77 Å². The Morgan fingerprint density at radius 3 is 2.48 bits per heavy atom. The van der Waals surface area contributed by atoms with Crippen LogP contribution in [0.3, 0.4) is 0 Å². The largest absolute Gasteiger partial charge is 0.293 e. The number of thiophene rings is 1. The molecule has 0 spiro atoms. The Morgan fingerprint density at radius 1 is 1.19 bits per heavy atom. The number of benzene rings is 1. The topological polar surface area (TPSA) is 34.1 Å². The highest BCUT2D eigenvalue weighted by Gasteiger charge is 2.09. The van der Waals surface area contributed by atoms with E-state index in [0.29, 0.717) is 24.5 Å². The first-order chi connectivity index (χ1) is 10.1. The van der Waals surface area contributed by atoms with Crippen molar-refractivity contribution in [2.24, 2.45) is 0 Å². The minimum absolute atomic E-state index is 0.150. The maximum atomic E-state index is 12.2. The molecule has 0 bridgehead atoms. The van der Waals surface area contributed by atoms with E-state index < -0.39 is 10.8 Å². The van der Waals surface area contributed by atoms with Gasteiger partial charge in [0, 0.05) is 17.1 Å². The Kier molecular flexibility index (Phi) is 5.88. The lowest BCUT2D eigenvalue weighted by molar-refractivity contribution is 0.0986. The molecule has 21 heavy (non-hydrogen) atoms. The molecular weight excluding hydrogens is 300 g/mol. The fourth-order valence-electron chi connectivity index (χ4n) is 2.05. The second-order valence-electron chi connectivity index (χ2n) is 5.28. The van der Waals surface area contributed by atoms with E-state index in [1.165, 1.54) is 16.9 Å². The highest BCUT2D eigenvalue weighted by Crippen LogP contribution is 2.17. The Balaban J connectivity index is 1.83. The van der Waals surface area contributed by atoms with Crippen molar-refractivity contribution < 1.29 is 9.00 Å². The second-order valence-corrected chi connectivity index (χ2v) is 7.80. The Bertz CT molecular complexity index is 598. The quantitative estimate of drug-likeness (QED) is 0.696. The molecule has 0 fully saturated rings. The van der Waals surface area contributed by atoms with Crippen molar-refractivity contribution in [3.8, 4) is 0 Å². The van der Waals surface area contributed by atoms with Gasteiger partial charge < -0.3 is 0 Å². The van der Waals surface area contributed by atoms with Gasteiger partial charge in [0.2, 0.25) is 0 Å². The van der Waals surface area contributed by atoms with E-state index in [2.05, 4.69) is 13.8 Å². The van der Waals surface area contributed by atoms with Gasteiger partial charge in [0.25, 0.3) is 0 Å². The zero-order chi connectivity index (χ0) is 15.2. The van der Waals surface area contributed by atoms with Gasteiger partial charge in [-0.15, -0.1) is 11.3 Å². The normalized spacial score (nSPS) is 12.5. The Morgan fingerprint density at radius 2 is 1.90 bits per heavy atom. The minimum atomic E-state index is -1.02. The van der Waals surface area contributed by atoms with Gasteiger partial charge in [-0.05, 0) is 41.5 Å². The third kappa shape index (κ3) is 4.61. The standard InChI is InChI=1S/C17H20O2S2/c1-13(2)14-7-9-15(10-8-14)21(19)12-4-5-16(18)17-6-3-11-20-17/h3,6-11,13H,4-5,12H2,1-2H3. The van der Waals surface area contributed by atoms with E-state index in [9.17, 15) is 9.00 Å². The molecule has 112 valence electrons. The maximum absolute atomic E-state index is 12.2. The van der Waals surface area contributed by atoms with E-state index in [1.54, 1.807) is 0 Å². The highest BCUT2D eigenvalue weighted by atomic mass is 32.2. The van der Waals surface area contributed by atoms with Crippen LogP contribution in [0.15, 0.2) is 46.7 Å². The van der Waals surface area contributed by atoms with Gasteiger partial charge in [-0.2, -0.15) is 0 Å². The number of ketones is 1. The van der Waals surface area contributed by atoms with Crippen molar-refractivity contribution in [1.29, 1.82) is 0 Å². The summed E-state index contributed by atoms with van der Waals surface area (Å²) < 4.78 is 12.2. The average molecular weight is 320 g/mol. The van der Waals surface area contributed by atoms with Crippen molar-refractivity contribution in [3.63, 3.8) is 0 Å². The second kappa shape index (κ2) is 7.66. The fourth-order valence-corrected chi connectivity index (χ4v) is 3.82. The summed E-state index contributed by atoms with van der Waals surface area (Å²) in [5, 5.41) is 1.90. The number of Topliss-reactive ketones (excluding diaryl/α,β-unsaturated/α-hetero) is 1. The smallest absolute Gasteiger partial charge is 0.172 e. The lowest BCUT2D eigenvalue weighted by atomic mass is 10.0. The van der Waals surface area contributed by atoms with Crippen LogP contribution < -0.4 is 0 Å². The van der Waals surface area contributed by atoms with Crippen LogP contribution in [0.5, 0.6) is 0 Å². The monoisotopic (exact) mass is 320 g/mol. The van der Waals surface area contributed by atoms with Gasteiger partial charge in [0.15, 0.2) is 5.78 Å². The fraction of sp³-hybridized carbons (Fsp3) is 0.353. The molecule has 1 atom stereocenters. The van der Waals surface area contributed by atoms with Crippen molar-refractivity contribution in [2.75, 3.05) is 5.75 Å². The molecule has 0 aliphatic heterocycles. The molecular formula is C17H20O2S2. The first-order valence-corrected chi connectivity index (χ1v) is 9.33. The molecule has 0 aliphatic carbocycles. The summed E-state index contributed by atoms with van der Waals surface area (Å²) in [7, 11) is -1.02. The molecule has 1 heterocycles. The van der Waals surface area contributed by atoms with Crippen LogP contribution in [0, 0.1) is 0 Å². The molecule has 0 N–H and O–H groups in total. The molecule has 1 aromatic carbocycles. The summed E-state index contributed by atoms with van der Waals surface area (Å²) in [5.74, 6) is 1.17. The van der Waals surface area contributed by atoms with Crippen LogP contribution in [0.2, 0.25) is 0 Å². The molecule has 0 amide bonds. The SMILES string of the molecule is CC(C)c1ccc(S(=O)CCCC(=O)c2cccs2)cc1. The van der Waals surface area contributed by atoms with Crippen LogP contribution in [0.25, 0.3) is 0 Å². The van der Waals surface area contributed by atoms with Gasteiger partial charge in [-0.25, -0.2) is 0 Å². The van der Waals surface area contributed by atoms with Crippen LogP contribution in [-0.2, 0) is 10.8 Å². The number of carbonyl (C=O) groups excluding carboxylic acids is 1. The van der Waals surface area contributed by atoms with E-state index in [-0.39, 0.29) is 5.78 Å². The third-order valence-electron chi connectivity index (χ3n) is 3.34. The van der Waals surface area contributed by atoms with E-state index in [4.69, 9.17) is 0 Å². The summed E-state index contributed by atoms with van der Waals surface area (Å²) >= 11 is 1.47. The van der Waals surface area contributed by atoms with E-state index in [1.807, 2.05) is 41.8 Å². The lowest BCUT2D eigenvalue weighted by Crippen LogP contribution is -2.03. The summed E-state index contributed by atoms with van der Waals surface area (Å²) in [6.07, 6.45) is 1.13. The van der Waals surface area contributed by atoms with Gasteiger partial charge in [-0.1, -0.05) is 32.0 Å². The van der Waals surface area contributed by atoms with E-state index >= 15 is 0 Å². The molecule has 0 aliphatic rings. The summed E-state index contributed by atoms with van der Waals surface area (Å²) in [6.45, 7) is 4.28. The van der Waals surface area contributed by atoms with Crippen LogP contribution in [0.4, 0.5) is 0 Å². The number of carbonyl (C=O) groups is 1. The number of rotatable bonds is 7. The average Bonchev–Trinajstić information content (AvgIpc) is 3.01. The van der Waals surface area contributed by atoms with Crippen LogP contribution in [-0.4, -0.2) is 15.7 Å². The summed E-state index contributed by atoms with van der Waals surface area (Å²) in [4.78, 5) is 13.5. The minimum Gasteiger partial charge on any atom is -0.293 e. The maximum Gasteiger partial charge on any atom is 0.172 e. The van der Waals surface area contributed by atoms with Gasteiger partial charge in [0.05, 0.1) is 15.7 Å². The first kappa shape index (κ1) is 16.1. The molecule has 1 aromatic heterocycles. The molecule has 2 aromatic rings. The van der Waals surface area contributed by atoms with Crippen molar-refractivity contribution in [3.05, 3.63) is 52.2 Å². The molecule has 1 unspecified atom stereocenters. The zero-order valence-corrected chi connectivity index (χ0v) is 14.0. The van der Waals surface area contributed by atoms with Crippen molar-refractivity contribution in [2.45, 2.75) is 37.5 Å². The summed E-state index contributed by atoms with van der Waals surface area (Å²) in [6, 6.07) is 11.7. The Labute approximate surface area is 132 Å².